The zero-order valence-electron chi connectivity index (χ0n) is 9.15. The third-order valence-corrected chi connectivity index (χ3v) is 3.40. The van der Waals surface area contributed by atoms with Crippen molar-refractivity contribution >= 4 is 16.5 Å². The molecule has 90 valence electrons. The van der Waals surface area contributed by atoms with Gasteiger partial charge in [0.15, 0.2) is 5.13 Å². The van der Waals surface area contributed by atoms with Gasteiger partial charge in [0.25, 0.3) is 0 Å². The van der Waals surface area contributed by atoms with Crippen LogP contribution in [0.15, 0.2) is 6.20 Å². The third kappa shape index (κ3) is 3.41. The van der Waals surface area contributed by atoms with Crippen molar-refractivity contribution in [2.24, 2.45) is 5.84 Å². The molecule has 1 saturated heterocycles. The molecule has 0 aliphatic carbocycles. The number of rotatable bonds is 5. The zero-order chi connectivity index (χ0) is 11.2. The van der Waals surface area contributed by atoms with Gasteiger partial charge in [0.05, 0.1) is 24.2 Å². The molecule has 1 aromatic rings. The molecular formula is C10H17N3O2S. The molecule has 2 rings (SSSR count). The summed E-state index contributed by atoms with van der Waals surface area (Å²) in [5.41, 5.74) is 2.51. The normalized spacial score (nSPS) is 20.9. The lowest BCUT2D eigenvalue weighted by Gasteiger charge is -2.22. The van der Waals surface area contributed by atoms with Crippen LogP contribution in [0.1, 0.15) is 24.1 Å². The van der Waals surface area contributed by atoms with Gasteiger partial charge in [-0.3, -0.25) is 5.43 Å². The van der Waals surface area contributed by atoms with Crippen molar-refractivity contribution in [3.05, 3.63) is 11.1 Å². The number of nitrogens with one attached hydrogen (secondary N) is 1. The molecule has 0 radical (unpaired) electrons. The van der Waals surface area contributed by atoms with Crippen molar-refractivity contribution in [3.63, 3.8) is 0 Å². The molecule has 2 heterocycles. The predicted molar refractivity (Wildman–Crippen MR) is 63.2 cm³/mol. The first-order valence-corrected chi connectivity index (χ1v) is 6.31. The van der Waals surface area contributed by atoms with Gasteiger partial charge in [-0.25, -0.2) is 10.8 Å². The topological polar surface area (TPSA) is 69.4 Å². The lowest BCUT2D eigenvalue weighted by molar-refractivity contribution is -0.0443. The summed E-state index contributed by atoms with van der Waals surface area (Å²) in [7, 11) is 0. The van der Waals surface area contributed by atoms with E-state index in [1.165, 1.54) is 24.2 Å². The fourth-order valence-corrected chi connectivity index (χ4v) is 2.33. The SMILES string of the molecule is NNc1ncc(COCC2CCCCO2)s1. The highest BCUT2D eigenvalue weighted by Crippen LogP contribution is 2.18. The Bertz CT molecular complexity index is 313. The molecule has 1 aromatic heterocycles. The van der Waals surface area contributed by atoms with Crippen LogP contribution >= 0.6 is 11.3 Å². The van der Waals surface area contributed by atoms with Gasteiger partial charge < -0.3 is 9.47 Å². The van der Waals surface area contributed by atoms with Crippen molar-refractivity contribution in [1.82, 2.24) is 4.98 Å². The molecular weight excluding hydrogens is 226 g/mol. The summed E-state index contributed by atoms with van der Waals surface area (Å²) >= 11 is 1.51. The number of nitrogens with two attached hydrogens (primary N) is 1. The van der Waals surface area contributed by atoms with E-state index >= 15 is 0 Å². The van der Waals surface area contributed by atoms with E-state index in [2.05, 4.69) is 10.4 Å². The van der Waals surface area contributed by atoms with E-state index in [4.69, 9.17) is 15.3 Å². The van der Waals surface area contributed by atoms with Gasteiger partial charge in [0.2, 0.25) is 0 Å². The van der Waals surface area contributed by atoms with E-state index in [1.807, 2.05) is 0 Å². The summed E-state index contributed by atoms with van der Waals surface area (Å²) in [6.45, 7) is 2.12. The fourth-order valence-electron chi connectivity index (χ4n) is 1.67. The first kappa shape index (κ1) is 11.8. The summed E-state index contributed by atoms with van der Waals surface area (Å²) in [6, 6.07) is 0. The molecule has 1 atom stereocenters. The Balaban J connectivity index is 1.66. The number of nitrogens with zero attached hydrogens (tertiary/aromatic N) is 1. The Morgan fingerprint density at radius 1 is 1.62 bits per heavy atom. The molecule has 0 amide bonds. The Labute approximate surface area is 98.9 Å². The minimum absolute atomic E-state index is 0.272. The Kier molecular flexibility index (Phi) is 4.53. The maximum absolute atomic E-state index is 5.59. The van der Waals surface area contributed by atoms with Crippen LogP contribution in [-0.4, -0.2) is 24.3 Å². The van der Waals surface area contributed by atoms with Gasteiger partial charge >= 0.3 is 0 Å². The van der Waals surface area contributed by atoms with Gasteiger partial charge in [0.1, 0.15) is 0 Å². The highest BCUT2D eigenvalue weighted by atomic mass is 32.1. The standard InChI is InChI=1S/C10H17N3O2S/c11-13-10-12-5-9(16-10)7-14-6-8-3-1-2-4-15-8/h5,8H,1-4,6-7,11H2,(H,12,13). The second-order valence-electron chi connectivity index (χ2n) is 3.78. The second-order valence-corrected chi connectivity index (χ2v) is 4.89. The Morgan fingerprint density at radius 2 is 2.56 bits per heavy atom. The van der Waals surface area contributed by atoms with E-state index < -0.39 is 0 Å². The summed E-state index contributed by atoms with van der Waals surface area (Å²) in [4.78, 5) is 5.14. The number of ether oxygens (including phenoxy) is 2. The maximum atomic E-state index is 5.59. The molecule has 1 aliphatic heterocycles. The summed E-state index contributed by atoms with van der Waals surface area (Å²) in [5, 5.41) is 0.715. The Hall–Kier alpha value is -0.690. The van der Waals surface area contributed by atoms with Crippen LogP contribution in [0.4, 0.5) is 5.13 Å². The minimum atomic E-state index is 0.272. The second kappa shape index (κ2) is 6.15. The lowest BCUT2D eigenvalue weighted by atomic mass is 10.1. The van der Waals surface area contributed by atoms with Gasteiger partial charge in [0, 0.05) is 12.8 Å². The Morgan fingerprint density at radius 3 is 3.25 bits per heavy atom. The molecule has 6 heteroatoms. The summed E-state index contributed by atoms with van der Waals surface area (Å²) in [6.07, 6.45) is 5.58. The number of hydrazine groups is 1. The molecule has 1 fully saturated rings. The molecule has 1 unspecified atom stereocenters. The molecule has 0 saturated carbocycles. The third-order valence-electron chi connectivity index (χ3n) is 2.50. The first-order chi connectivity index (χ1) is 7.88. The maximum Gasteiger partial charge on any atom is 0.197 e. The van der Waals surface area contributed by atoms with Gasteiger partial charge in [-0.1, -0.05) is 11.3 Å². The van der Waals surface area contributed by atoms with E-state index in [9.17, 15) is 0 Å². The number of nitrogen functional groups attached to an aromatic ring is 1. The number of aromatic nitrogens is 1. The molecule has 0 spiro atoms. The van der Waals surface area contributed by atoms with E-state index in [-0.39, 0.29) is 6.10 Å². The van der Waals surface area contributed by atoms with Gasteiger partial charge in [-0.15, -0.1) is 0 Å². The molecule has 5 nitrogen and oxygen atoms in total. The van der Waals surface area contributed by atoms with Crippen LogP contribution in [0.2, 0.25) is 0 Å². The lowest BCUT2D eigenvalue weighted by Crippen LogP contribution is -2.24. The monoisotopic (exact) mass is 243 g/mol. The van der Waals surface area contributed by atoms with Crippen molar-refractivity contribution < 1.29 is 9.47 Å². The minimum Gasteiger partial charge on any atom is -0.376 e. The van der Waals surface area contributed by atoms with Crippen LogP contribution in [0.3, 0.4) is 0 Å². The van der Waals surface area contributed by atoms with Gasteiger partial charge in [-0.2, -0.15) is 0 Å². The van der Waals surface area contributed by atoms with E-state index in [0.717, 1.165) is 17.9 Å². The van der Waals surface area contributed by atoms with Crippen LogP contribution < -0.4 is 11.3 Å². The number of hydrogen-bond acceptors (Lipinski definition) is 6. The summed E-state index contributed by atoms with van der Waals surface area (Å²) in [5.74, 6) is 5.25. The van der Waals surface area contributed by atoms with Crippen molar-refractivity contribution in [2.45, 2.75) is 32.0 Å². The largest absolute Gasteiger partial charge is 0.376 e. The van der Waals surface area contributed by atoms with E-state index in [1.54, 1.807) is 6.20 Å². The molecule has 0 bridgehead atoms. The number of thiazole rings is 1. The van der Waals surface area contributed by atoms with Gasteiger partial charge in [-0.05, 0) is 19.3 Å². The van der Waals surface area contributed by atoms with E-state index in [0.29, 0.717) is 18.3 Å². The smallest absolute Gasteiger partial charge is 0.197 e. The average Bonchev–Trinajstić information content (AvgIpc) is 2.78. The van der Waals surface area contributed by atoms with Crippen molar-refractivity contribution in [3.8, 4) is 0 Å². The van der Waals surface area contributed by atoms with Crippen molar-refractivity contribution in [2.75, 3.05) is 18.6 Å². The first-order valence-electron chi connectivity index (χ1n) is 5.49. The summed E-state index contributed by atoms with van der Waals surface area (Å²) < 4.78 is 11.2. The van der Waals surface area contributed by atoms with Crippen LogP contribution in [-0.2, 0) is 16.1 Å². The number of hydrogen-bond donors (Lipinski definition) is 2. The fraction of sp³-hybridized carbons (Fsp3) is 0.700. The van der Waals surface area contributed by atoms with Crippen molar-refractivity contribution in [1.29, 1.82) is 0 Å². The molecule has 1 aliphatic rings. The predicted octanol–water partition coefficient (Wildman–Crippen LogP) is 1.51. The average molecular weight is 243 g/mol. The molecule has 16 heavy (non-hydrogen) atoms. The van der Waals surface area contributed by atoms with Crippen LogP contribution in [0.25, 0.3) is 0 Å². The quantitative estimate of drug-likeness (QED) is 0.606. The van der Waals surface area contributed by atoms with Crippen LogP contribution in [0, 0.1) is 0 Å². The van der Waals surface area contributed by atoms with Crippen LogP contribution in [0.5, 0.6) is 0 Å². The zero-order valence-corrected chi connectivity index (χ0v) is 9.96. The molecule has 0 aromatic carbocycles. The highest BCUT2D eigenvalue weighted by molar-refractivity contribution is 7.15. The highest BCUT2D eigenvalue weighted by Gasteiger charge is 2.13. The number of anilines is 1. The molecule has 3 N–H and O–H groups in total.